The number of Topliss-reactive ketones (excluding diaryl/α,β-unsaturated/α-hetero) is 1. The summed E-state index contributed by atoms with van der Waals surface area (Å²) in [6.07, 6.45) is 0.653. The van der Waals surface area contributed by atoms with Crippen LogP contribution in [0.5, 0.6) is 0 Å². The second-order valence-electron chi connectivity index (χ2n) is 5.01. The normalized spacial score (nSPS) is 20.3. The lowest BCUT2D eigenvalue weighted by atomic mass is 10.0. The second-order valence-corrected chi connectivity index (χ2v) is 5.45. The van der Waals surface area contributed by atoms with E-state index in [9.17, 15) is 4.79 Å². The Labute approximate surface area is 101 Å². The first-order valence-corrected chi connectivity index (χ1v) is 5.86. The van der Waals surface area contributed by atoms with Crippen LogP contribution in [0.25, 0.3) is 0 Å². The highest BCUT2D eigenvalue weighted by Crippen LogP contribution is 2.27. The fraction of sp³-hybridized carbons (Fsp3) is 0.462. The van der Waals surface area contributed by atoms with E-state index in [1.165, 1.54) is 5.56 Å². The summed E-state index contributed by atoms with van der Waals surface area (Å²) in [6.45, 7) is 5.62. The molecule has 1 aliphatic rings. The zero-order chi connectivity index (χ0) is 11.8. The van der Waals surface area contributed by atoms with Crippen molar-refractivity contribution in [2.75, 3.05) is 6.54 Å². The fourth-order valence-corrected chi connectivity index (χ4v) is 2.28. The van der Waals surface area contributed by atoms with Crippen molar-refractivity contribution in [2.24, 2.45) is 0 Å². The molecule has 0 saturated carbocycles. The Morgan fingerprint density at radius 1 is 1.31 bits per heavy atom. The van der Waals surface area contributed by atoms with Crippen LogP contribution in [0.1, 0.15) is 25.8 Å². The van der Waals surface area contributed by atoms with Gasteiger partial charge in [-0.05, 0) is 31.5 Å². The number of benzene rings is 1. The van der Waals surface area contributed by atoms with E-state index in [-0.39, 0.29) is 5.54 Å². The first-order chi connectivity index (χ1) is 7.47. The maximum atomic E-state index is 11.5. The van der Waals surface area contributed by atoms with Crippen molar-refractivity contribution in [1.82, 2.24) is 4.90 Å². The zero-order valence-corrected chi connectivity index (χ0v) is 10.4. The van der Waals surface area contributed by atoms with Crippen molar-refractivity contribution in [1.29, 1.82) is 0 Å². The Morgan fingerprint density at radius 3 is 2.44 bits per heavy atom. The van der Waals surface area contributed by atoms with Gasteiger partial charge in [0.25, 0.3) is 0 Å². The predicted molar refractivity (Wildman–Crippen MR) is 65.6 cm³/mol. The van der Waals surface area contributed by atoms with Crippen LogP contribution >= 0.6 is 11.6 Å². The maximum Gasteiger partial charge on any atom is 0.148 e. The zero-order valence-electron chi connectivity index (χ0n) is 9.66. The van der Waals surface area contributed by atoms with Gasteiger partial charge in [0.2, 0.25) is 0 Å². The van der Waals surface area contributed by atoms with Gasteiger partial charge in [0.1, 0.15) is 5.78 Å². The molecule has 16 heavy (non-hydrogen) atoms. The summed E-state index contributed by atoms with van der Waals surface area (Å²) in [4.78, 5) is 13.7. The fourth-order valence-electron chi connectivity index (χ4n) is 2.16. The Morgan fingerprint density at radius 2 is 1.94 bits per heavy atom. The molecule has 0 unspecified atom stereocenters. The molecule has 0 N–H and O–H groups in total. The van der Waals surface area contributed by atoms with Crippen LogP contribution in [0.3, 0.4) is 0 Å². The summed E-state index contributed by atoms with van der Waals surface area (Å²) < 4.78 is 0. The van der Waals surface area contributed by atoms with Gasteiger partial charge in [0, 0.05) is 23.5 Å². The third-order valence-electron chi connectivity index (χ3n) is 3.14. The minimum absolute atomic E-state index is 0.0171. The van der Waals surface area contributed by atoms with Gasteiger partial charge in [-0.1, -0.05) is 23.7 Å². The largest absolute Gasteiger partial charge is 0.298 e. The van der Waals surface area contributed by atoms with E-state index in [0.29, 0.717) is 18.7 Å². The van der Waals surface area contributed by atoms with Crippen LogP contribution in [0.15, 0.2) is 24.3 Å². The molecule has 3 heteroatoms. The van der Waals surface area contributed by atoms with Crippen molar-refractivity contribution in [2.45, 2.75) is 32.4 Å². The van der Waals surface area contributed by atoms with Crippen LogP contribution in [0.2, 0.25) is 5.02 Å². The number of rotatable bonds is 2. The molecule has 0 atom stereocenters. The molecule has 0 amide bonds. The van der Waals surface area contributed by atoms with E-state index in [0.717, 1.165) is 11.6 Å². The highest BCUT2D eigenvalue weighted by atomic mass is 35.5. The number of ketones is 1. The van der Waals surface area contributed by atoms with E-state index in [1.807, 2.05) is 24.3 Å². The SMILES string of the molecule is CC1(C)CC(=O)CN1Cc1ccc(Cl)cc1. The molecule has 0 aromatic heterocycles. The summed E-state index contributed by atoms with van der Waals surface area (Å²) in [6, 6.07) is 7.81. The number of nitrogens with zero attached hydrogens (tertiary/aromatic N) is 1. The lowest BCUT2D eigenvalue weighted by molar-refractivity contribution is -0.117. The Hall–Kier alpha value is -0.860. The summed E-state index contributed by atoms with van der Waals surface area (Å²) in [7, 11) is 0. The minimum Gasteiger partial charge on any atom is -0.298 e. The molecule has 2 rings (SSSR count). The van der Waals surface area contributed by atoms with Crippen molar-refractivity contribution in [3.05, 3.63) is 34.9 Å². The molecule has 1 heterocycles. The number of carbonyl (C=O) groups excluding carboxylic acids is 1. The number of likely N-dealkylation sites (tertiary alicyclic amines) is 1. The van der Waals surface area contributed by atoms with Gasteiger partial charge in [-0.25, -0.2) is 0 Å². The molecule has 0 aliphatic carbocycles. The third kappa shape index (κ3) is 2.45. The van der Waals surface area contributed by atoms with E-state index in [2.05, 4.69) is 18.7 Å². The van der Waals surface area contributed by atoms with Crippen molar-refractivity contribution in [3.8, 4) is 0 Å². The molecule has 86 valence electrons. The Bertz CT molecular complexity index is 397. The third-order valence-corrected chi connectivity index (χ3v) is 3.39. The molecule has 1 aromatic rings. The molecular weight excluding hydrogens is 222 g/mol. The standard InChI is InChI=1S/C13H16ClNO/c1-13(2)7-12(16)9-15(13)8-10-3-5-11(14)6-4-10/h3-6H,7-9H2,1-2H3. The van der Waals surface area contributed by atoms with Crippen LogP contribution in [-0.4, -0.2) is 22.8 Å². The quantitative estimate of drug-likeness (QED) is 0.789. The minimum atomic E-state index is -0.0171. The molecule has 0 radical (unpaired) electrons. The lowest BCUT2D eigenvalue weighted by Gasteiger charge is -2.30. The monoisotopic (exact) mass is 237 g/mol. The van der Waals surface area contributed by atoms with Crippen molar-refractivity contribution in [3.63, 3.8) is 0 Å². The van der Waals surface area contributed by atoms with Crippen LogP contribution in [-0.2, 0) is 11.3 Å². The molecule has 1 aromatic carbocycles. The van der Waals surface area contributed by atoms with Crippen molar-refractivity contribution < 1.29 is 4.79 Å². The van der Waals surface area contributed by atoms with Gasteiger partial charge in [-0.2, -0.15) is 0 Å². The average Bonchev–Trinajstić information content (AvgIpc) is 2.43. The van der Waals surface area contributed by atoms with E-state index < -0.39 is 0 Å². The van der Waals surface area contributed by atoms with Gasteiger partial charge in [0.15, 0.2) is 0 Å². The Balaban J connectivity index is 2.10. The number of halogens is 1. The second kappa shape index (κ2) is 4.19. The average molecular weight is 238 g/mol. The summed E-state index contributed by atoms with van der Waals surface area (Å²) >= 11 is 5.84. The predicted octanol–water partition coefficient (Wildman–Crippen LogP) is 2.89. The van der Waals surface area contributed by atoms with Gasteiger partial charge >= 0.3 is 0 Å². The molecule has 0 bridgehead atoms. The molecular formula is C13H16ClNO. The number of hydrogen-bond acceptors (Lipinski definition) is 2. The van der Waals surface area contributed by atoms with Gasteiger partial charge in [-0.3, -0.25) is 9.69 Å². The summed E-state index contributed by atoms with van der Waals surface area (Å²) in [5, 5.41) is 0.750. The smallest absolute Gasteiger partial charge is 0.148 e. The topological polar surface area (TPSA) is 20.3 Å². The highest BCUT2D eigenvalue weighted by Gasteiger charge is 2.36. The van der Waals surface area contributed by atoms with E-state index in [1.54, 1.807) is 0 Å². The van der Waals surface area contributed by atoms with Crippen LogP contribution in [0.4, 0.5) is 0 Å². The van der Waals surface area contributed by atoms with Gasteiger partial charge in [-0.15, -0.1) is 0 Å². The number of hydrogen-bond donors (Lipinski definition) is 0. The van der Waals surface area contributed by atoms with Crippen LogP contribution in [0, 0.1) is 0 Å². The van der Waals surface area contributed by atoms with Gasteiger partial charge in [0.05, 0.1) is 6.54 Å². The van der Waals surface area contributed by atoms with Crippen molar-refractivity contribution >= 4 is 17.4 Å². The van der Waals surface area contributed by atoms with Gasteiger partial charge < -0.3 is 0 Å². The molecule has 1 saturated heterocycles. The van der Waals surface area contributed by atoms with E-state index in [4.69, 9.17) is 11.6 Å². The first-order valence-electron chi connectivity index (χ1n) is 5.48. The molecule has 1 fully saturated rings. The van der Waals surface area contributed by atoms with Crippen LogP contribution < -0.4 is 0 Å². The molecule has 0 spiro atoms. The summed E-state index contributed by atoms with van der Waals surface area (Å²) in [5.41, 5.74) is 1.18. The Kier molecular flexibility index (Phi) is 3.04. The first kappa shape index (κ1) is 11.6. The van der Waals surface area contributed by atoms with E-state index >= 15 is 0 Å². The number of carbonyl (C=O) groups is 1. The molecule has 2 nitrogen and oxygen atoms in total. The summed E-state index contributed by atoms with van der Waals surface area (Å²) in [5.74, 6) is 0.332. The lowest BCUT2D eigenvalue weighted by Crippen LogP contribution is -2.37. The highest BCUT2D eigenvalue weighted by molar-refractivity contribution is 6.30. The molecule has 1 aliphatic heterocycles. The maximum absolute atomic E-state index is 11.5.